The van der Waals surface area contributed by atoms with Crippen LogP contribution in [0.4, 0.5) is 0 Å². The molecule has 3 nitrogen and oxygen atoms in total. The molecule has 0 amide bonds. The van der Waals surface area contributed by atoms with Crippen LogP contribution in [-0.2, 0) is 16.0 Å². The van der Waals surface area contributed by atoms with Crippen LogP contribution in [0.5, 0.6) is 0 Å². The van der Waals surface area contributed by atoms with Crippen LogP contribution in [0, 0.1) is 0 Å². The summed E-state index contributed by atoms with van der Waals surface area (Å²) in [5.74, 6) is -0.384. The lowest BCUT2D eigenvalue weighted by Crippen LogP contribution is -2.33. The lowest BCUT2D eigenvalue weighted by molar-refractivity contribution is -0.142. The van der Waals surface area contributed by atoms with Crippen molar-refractivity contribution in [3.63, 3.8) is 0 Å². The number of hydrogen-bond donors (Lipinski definition) is 1. The molecule has 0 saturated heterocycles. The fraction of sp³-hybridized carbons (Fsp3) is 0.188. The monoisotopic (exact) mass is 255 g/mol. The highest BCUT2D eigenvalue weighted by Gasteiger charge is 2.14. The fourth-order valence-corrected chi connectivity index (χ4v) is 2.00. The number of carbonyl (C=O) groups is 1. The summed E-state index contributed by atoms with van der Waals surface area (Å²) in [7, 11) is 1.35. The van der Waals surface area contributed by atoms with E-state index in [-0.39, 0.29) is 5.97 Å². The van der Waals surface area contributed by atoms with E-state index in [9.17, 15) is 4.79 Å². The minimum Gasteiger partial charge on any atom is -0.468 e. The van der Waals surface area contributed by atoms with E-state index < -0.39 is 6.04 Å². The van der Waals surface area contributed by atoms with Crippen molar-refractivity contribution in [2.24, 2.45) is 5.73 Å². The zero-order valence-corrected chi connectivity index (χ0v) is 10.9. The fourth-order valence-electron chi connectivity index (χ4n) is 2.00. The van der Waals surface area contributed by atoms with Gasteiger partial charge in [-0.3, -0.25) is 4.79 Å². The Balaban J connectivity index is 2.18. The van der Waals surface area contributed by atoms with Crippen LogP contribution in [0.15, 0.2) is 54.6 Å². The number of nitrogens with two attached hydrogens (primary N) is 1. The molecule has 0 unspecified atom stereocenters. The Morgan fingerprint density at radius 3 is 2.47 bits per heavy atom. The number of benzene rings is 2. The molecule has 0 aliphatic carbocycles. The van der Waals surface area contributed by atoms with Gasteiger partial charge in [-0.1, -0.05) is 54.6 Å². The van der Waals surface area contributed by atoms with Crippen molar-refractivity contribution in [2.45, 2.75) is 12.5 Å². The zero-order valence-electron chi connectivity index (χ0n) is 10.9. The predicted octanol–water partition coefficient (Wildman–Crippen LogP) is 2.40. The first-order valence-corrected chi connectivity index (χ1v) is 6.18. The second-order valence-corrected chi connectivity index (χ2v) is 4.40. The third-order valence-corrected chi connectivity index (χ3v) is 2.99. The van der Waals surface area contributed by atoms with Gasteiger partial charge < -0.3 is 10.5 Å². The summed E-state index contributed by atoms with van der Waals surface area (Å²) in [4.78, 5) is 11.3. The molecular weight excluding hydrogens is 238 g/mol. The highest BCUT2D eigenvalue weighted by Crippen LogP contribution is 2.20. The second kappa shape index (κ2) is 6.16. The SMILES string of the molecule is COC(=O)[C@@H](N)Cc1cccc(-c2ccccc2)c1. The van der Waals surface area contributed by atoms with E-state index in [4.69, 9.17) is 5.73 Å². The number of methoxy groups -OCH3 is 1. The Kier molecular flexibility index (Phi) is 4.31. The molecule has 2 N–H and O–H groups in total. The first kappa shape index (κ1) is 13.3. The summed E-state index contributed by atoms with van der Waals surface area (Å²) in [6, 6.07) is 17.5. The molecule has 2 aromatic carbocycles. The van der Waals surface area contributed by atoms with Gasteiger partial charge in [-0.2, -0.15) is 0 Å². The van der Waals surface area contributed by atoms with Gasteiger partial charge in [-0.15, -0.1) is 0 Å². The minimum atomic E-state index is -0.615. The van der Waals surface area contributed by atoms with Crippen molar-refractivity contribution in [1.29, 1.82) is 0 Å². The highest BCUT2D eigenvalue weighted by molar-refractivity contribution is 5.76. The van der Waals surface area contributed by atoms with Crippen LogP contribution in [0.25, 0.3) is 11.1 Å². The summed E-state index contributed by atoms with van der Waals surface area (Å²) >= 11 is 0. The molecule has 0 radical (unpaired) electrons. The van der Waals surface area contributed by atoms with Crippen molar-refractivity contribution in [3.8, 4) is 11.1 Å². The largest absolute Gasteiger partial charge is 0.468 e. The Bertz CT molecular complexity index is 552. The van der Waals surface area contributed by atoms with Gasteiger partial charge in [0.15, 0.2) is 0 Å². The van der Waals surface area contributed by atoms with Crippen molar-refractivity contribution < 1.29 is 9.53 Å². The van der Waals surface area contributed by atoms with E-state index >= 15 is 0 Å². The lowest BCUT2D eigenvalue weighted by atomic mass is 10.00. The third-order valence-electron chi connectivity index (χ3n) is 2.99. The number of carbonyl (C=O) groups excluding carboxylic acids is 1. The smallest absolute Gasteiger partial charge is 0.322 e. The van der Waals surface area contributed by atoms with Crippen LogP contribution in [0.2, 0.25) is 0 Å². The van der Waals surface area contributed by atoms with Gasteiger partial charge >= 0.3 is 5.97 Å². The number of rotatable bonds is 4. The minimum absolute atomic E-state index is 0.384. The quantitative estimate of drug-likeness (QED) is 0.853. The van der Waals surface area contributed by atoms with Gasteiger partial charge in [0.05, 0.1) is 7.11 Å². The predicted molar refractivity (Wildman–Crippen MR) is 75.6 cm³/mol. The summed E-state index contributed by atoms with van der Waals surface area (Å²) < 4.78 is 4.64. The molecule has 0 aromatic heterocycles. The van der Waals surface area contributed by atoms with Crippen molar-refractivity contribution in [3.05, 3.63) is 60.2 Å². The number of hydrogen-bond acceptors (Lipinski definition) is 3. The third kappa shape index (κ3) is 3.42. The van der Waals surface area contributed by atoms with Gasteiger partial charge in [0.1, 0.15) is 6.04 Å². The van der Waals surface area contributed by atoms with E-state index in [1.54, 1.807) is 0 Å². The van der Waals surface area contributed by atoms with Gasteiger partial charge in [0, 0.05) is 0 Å². The molecule has 0 fully saturated rings. The molecule has 0 aliphatic heterocycles. The summed E-state index contributed by atoms with van der Waals surface area (Å²) in [5.41, 5.74) is 9.07. The number of esters is 1. The Labute approximate surface area is 113 Å². The molecule has 3 heteroatoms. The van der Waals surface area contributed by atoms with Gasteiger partial charge in [-0.25, -0.2) is 0 Å². The molecule has 0 aliphatic rings. The van der Waals surface area contributed by atoms with E-state index in [0.29, 0.717) is 6.42 Å². The zero-order chi connectivity index (χ0) is 13.7. The van der Waals surface area contributed by atoms with Crippen LogP contribution < -0.4 is 5.73 Å². The summed E-state index contributed by atoms with van der Waals surface area (Å²) in [6.07, 6.45) is 0.480. The molecule has 1 atom stereocenters. The van der Waals surface area contributed by atoms with Crippen molar-refractivity contribution in [2.75, 3.05) is 7.11 Å². The average molecular weight is 255 g/mol. The van der Waals surface area contributed by atoms with Crippen LogP contribution in [0.1, 0.15) is 5.56 Å². The molecule has 19 heavy (non-hydrogen) atoms. The molecular formula is C16H17NO2. The van der Waals surface area contributed by atoms with E-state index in [2.05, 4.69) is 22.9 Å². The maximum absolute atomic E-state index is 11.3. The maximum atomic E-state index is 11.3. The van der Waals surface area contributed by atoms with Gasteiger partial charge in [-0.05, 0) is 23.1 Å². The Hall–Kier alpha value is -2.13. The summed E-state index contributed by atoms with van der Waals surface area (Å²) in [5, 5.41) is 0. The molecule has 98 valence electrons. The molecule has 0 spiro atoms. The topological polar surface area (TPSA) is 52.3 Å². The van der Waals surface area contributed by atoms with E-state index in [1.807, 2.05) is 36.4 Å². The lowest BCUT2D eigenvalue weighted by Gasteiger charge is -2.10. The molecule has 0 bridgehead atoms. The normalized spacial score (nSPS) is 11.9. The highest BCUT2D eigenvalue weighted by atomic mass is 16.5. The standard InChI is InChI=1S/C16H17NO2/c1-19-16(18)15(17)11-12-6-5-9-14(10-12)13-7-3-2-4-8-13/h2-10,15H,11,17H2,1H3/t15-/m0/s1. The first-order chi connectivity index (χ1) is 9.20. The molecule has 0 heterocycles. The Morgan fingerprint density at radius 2 is 1.79 bits per heavy atom. The van der Waals surface area contributed by atoms with Gasteiger partial charge in [0.25, 0.3) is 0 Å². The average Bonchev–Trinajstić information content (AvgIpc) is 2.47. The Morgan fingerprint density at radius 1 is 1.11 bits per heavy atom. The first-order valence-electron chi connectivity index (χ1n) is 6.18. The van der Waals surface area contributed by atoms with Crippen molar-refractivity contribution in [1.82, 2.24) is 0 Å². The van der Waals surface area contributed by atoms with Crippen LogP contribution in [0.3, 0.4) is 0 Å². The maximum Gasteiger partial charge on any atom is 0.322 e. The van der Waals surface area contributed by atoms with Gasteiger partial charge in [0.2, 0.25) is 0 Å². The van der Waals surface area contributed by atoms with Crippen molar-refractivity contribution >= 4 is 5.97 Å². The molecule has 0 saturated carbocycles. The second-order valence-electron chi connectivity index (χ2n) is 4.40. The van der Waals surface area contributed by atoms with E-state index in [1.165, 1.54) is 7.11 Å². The van der Waals surface area contributed by atoms with Crippen LogP contribution >= 0.6 is 0 Å². The van der Waals surface area contributed by atoms with E-state index in [0.717, 1.165) is 16.7 Å². The van der Waals surface area contributed by atoms with Crippen LogP contribution in [-0.4, -0.2) is 19.1 Å². The molecule has 2 rings (SSSR count). The molecule has 2 aromatic rings. The summed E-state index contributed by atoms with van der Waals surface area (Å²) in [6.45, 7) is 0. The number of ether oxygens (including phenoxy) is 1.